The van der Waals surface area contributed by atoms with Gasteiger partial charge in [-0.25, -0.2) is 4.98 Å². The summed E-state index contributed by atoms with van der Waals surface area (Å²) in [6.07, 6.45) is 0. The number of carbonyl (C=O) groups excluding carboxylic acids is 1. The Labute approximate surface area is 173 Å². The van der Waals surface area contributed by atoms with E-state index in [2.05, 4.69) is 11.1 Å². The van der Waals surface area contributed by atoms with Crippen LogP contribution in [0.2, 0.25) is 0 Å². The molecule has 0 aliphatic heterocycles. The van der Waals surface area contributed by atoms with Gasteiger partial charge in [0.25, 0.3) is 0 Å². The highest BCUT2D eigenvalue weighted by Crippen LogP contribution is 2.32. The predicted octanol–water partition coefficient (Wildman–Crippen LogP) is 4.51. The third kappa shape index (κ3) is 4.77. The smallest absolute Gasteiger partial charge is 0.232 e. The van der Waals surface area contributed by atoms with Gasteiger partial charge < -0.3 is 14.4 Å². The molecule has 0 spiro atoms. The Morgan fingerprint density at radius 3 is 2.61 bits per heavy atom. The molecule has 3 rings (SSSR count). The fourth-order valence-corrected chi connectivity index (χ4v) is 4.86. The van der Waals surface area contributed by atoms with Gasteiger partial charge in [0, 0.05) is 12.8 Å². The summed E-state index contributed by atoms with van der Waals surface area (Å²) in [6.45, 7) is 2.58. The van der Waals surface area contributed by atoms with Crippen molar-refractivity contribution >= 4 is 39.2 Å². The van der Waals surface area contributed by atoms with Crippen molar-refractivity contribution in [3.05, 3.63) is 52.5 Å². The zero-order valence-electron chi connectivity index (χ0n) is 16.5. The standard InChI is InChI=1S/C21H24N2O3S2/c1-14-9-17(25-3)18(26-4)10-15(14)12-27-13-21(24)23(2)11-20-22-16-7-5-6-8-19(16)28-20/h5-10H,11-13H2,1-4H3. The first-order valence-electron chi connectivity index (χ1n) is 8.89. The number of carbonyl (C=O) groups is 1. The lowest BCUT2D eigenvalue weighted by Gasteiger charge is -2.16. The summed E-state index contributed by atoms with van der Waals surface area (Å²) in [6, 6.07) is 12.0. The number of nitrogens with zero attached hydrogens (tertiary/aromatic N) is 2. The lowest BCUT2D eigenvalue weighted by Crippen LogP contribution is -2.27. The summed E-state index contributed by atoms with van der Waals surface area (Å²) in [5.41, 5.74) is 3.26. The van der Waals surface area contributed by atoms with Crippen LogP contribution in [0.25, 0.3) is 10.2 Å². The van der Waals surface area contributed by atoms with E-state index >= 15 is 0 Å². The summed E-state index contributed by atoms with van der Waals surface area (Å²) < 4.78 is 11.9. The quantitative estimate of drug-likeness (QED) is 0.541. The molecule has 0 saturated carbocycles. The van der Waals surface area contributed by atoms with Crippen LogP contribution in [0.5, 0.6) is 11.5 Å². The second-order valence-corrected chi connectivity index (χ2v) is 8.55. The largest absolute Gasteiger partial charge is 0.493 e. The molecule has 0 saturated heterocycles. The summed E-state index contributed by atoms with van der Waals surface area (Å²) in [5, 5.41) is 0.956. The number of aromatic nitrogens is 1. The topological polar surface area (TPSA) is 51.7 Å². The highest BCUT2D eigenvalue weighted by molar-refractivity contribution is 7.99. The second kappa shape index (κ2) is 9.30. The molecule has 148 valence electrons. The van der Waals surface area contributed by atoms with E-state index in [1.165, 1.54) is 0 Å². The van der Waals surface area contributed by atoms with E-state index in [1.54, 1.807) is 42.2 Å². The Morgan fingerprint density at radius 2 is 1.89 bits per heavy atom. The fourth-order valence-electron chi connectivity index (χ4n) is 2.82. The second-order valence-electron chi connectivity index (χ2n) is 6.45. The SMILES string of the molecule is COc1cc(C)c(CSCC(=O)N(C)Cc2nc3ccccc3s2)cc1OC. The molecular weight excluding hydrogens is 392 g/mol. The number of ether oxygens (including phenoxy) is 2. The minimum Gasteiger partial charge on any atom is -0.493 e. The van der Waals surface area contributed by atoms with Crippen molar-refractivity contribution in [3.63, 3.8) is 0 Å². The molecule has 0 unspecified atom stereocenters. The minimum absolute atomic E-state index is 0.0994. The van der Waals surface area contributed by atoms with Gasteiger partial charge >= 0.3 is 0 Å². The van der Waals surface area contributed by atoms with Crippen LogP contribution < -0.4 is 9.47 Å². The van der Waals surface area contributed by atoms with E-state index in [0.717, 1.165) is 37.9 Å². The van der Waals surface area contributed by atoms with Gasteiger partial charge in [-0.15, -0.1) is 23.1 Å². The van der Waals surface area contributed by atoms with Crippen molar-refractivity contribution in [2.24, 2.45) is 0 Å². The van der Waals surface area contributed by atoms with E-state index in [0.29, 0.717) is 18.0 Å². The Hall–Kier alpha value is -2.25. The molecule has 0 bridgehead atoms. The number of fused-ring (bicyclic) bond motifs is 1. The van der Waals surface area contributed by atoms with Crippen LogP contribution in [0.15, 0.2) is 36.4 Å². The van der Waals surface area contributed by atoms with Crippen LogP contribution in [0.1, 0.15) is 16.1 Å². The summed E-state index contributed by atoms with van der Waals surface area (Å²) in [7, 11) is 5.09. The Bertz CT molecular complexity index is 938. The number of amides is 1. The first-order valence-corrected chi connectivity index (χ1v) is 10.9. The maximum atomic E-state index is 12.5. The Balaban J connectivity index is 1.55. The zero-order chi connectivity index (χ0) is 20.1. The van der Waals surface area contributed by atoms with Crippen molar-refractivity contribution in [3.8, 4) is 11.5 Å². The monoisotopic (exact) mass is 416 g/mol. The van der Waals surface area contributed by atoms with Gasteiger partial charge in [0.1, 0.15) is 5.01 Å². The number of hydrogen-bond donors (Lipinski definition) is 0. The van der Waals surface area contributed by atoms with E-state index in [4.69, 9.17) is 9.47 Å². The molecule has 7 heteroatoms. The Morgan fingerprint density at radius 1 is 1.18 bits per heavy atom. The van der Waals surface area contributed by atoms with E-state index < -0.39 is 0 Å². The van der Waals surface area contributed by atoms with Crippen molar-refractivity contribution in [1.82, 2.24) is 9.88 Å². The van der Waals surface area contributed by atoms with E-state index in [9.17, 15) is 4.79 Å². The van der Waals surface area contributed by atoms with E-state index in [-0.39, 0.29) is 5.91 Å². The molecule has 0 aliphatic rings. The number of thiazole rings is 1. The van der Waals surface area contributed by atoms with Gasteiger partial charge in [0.05, 0.1) is 36.7 Å². The average Bonchev–Trinajstić information content (AvgIpc) is 3.10. The number of methoxy groups -OCH3 is 2. The first kappa shape index (κ1) is 20.5. The molecule has 0 aliphatic carbocycles. The van der Waals surface area contributed by atoms with Crippen molar-refractivity contribution in [2.75, 3.05) is 27.0 Å². The van der Waals surface area contributed by atoms with Gasteiger partial charge in [0.15, 0.2) is 11.5 Å². The fraction of sp³-hybridized carbons (Fsp3) is 0.333. The molecule has 0 N–H and O–H groups in total. The number of para-hydroxylation sites is 1. The molecule has 3 aromatic rings. The van der Waals surface area contributed by atoms with Crippen molar-refractivity contribution < 1.29 is 14.3 Å². The summed E-state index contributed by atoms with van der Waals surface area (Å²) >= 11 is 3.24. The highest BCUT2D eigenvalue weighted by atomic mass is 32.2. The predicted molar refractivity (Wildman–Crippen MR) is 117 cm³/mol. The van der Waals surface area contributed by atoms with Crippen LogP contribution in [0, 0.1) is 6.92 Å². The molecule has 1 heterocycles. The zero-order valence-corrected chi connectivity index (χ0v) is 18.2. The summed E-state index contributed by atoms with van der Waals surface area (Å²) in [5.74, 6) is 2.70. The molecular formula is C21H24N2O3S2. The molecule has 5 nitrogen and oxygen atoms in total. The molecule has 0 atom stereocenters. The number of rotatable bonds is 8. The van der Waals surface area contributed by atoms with Gasteiger partial charge in [-0.2, -0.15) is 0 Å². The first-order chi connectivity index (χ1) is 13.5. The Kier molecular flexibility index (Phi) is 6.80. The molecule has 2 aromatic carbocycles. The number of benzene rings is 2. The molecule has 28 heavy (non-hydrogen) atoms. The molecule has 1 amide bonds. The van der Waals surface area contributed by atoms with E-state index in [1.807, 2.05) is 44.3 Å². The van der Waals surface area contributed by atoms with Crippen LogP contribution in [0.4, 0.5) is 0 Å². The maximum absolute atomic E-state index is 12.5. The molecule has 1 aromatic heterocycles. The van der Waals surface area contributed by atoms with Crippen molar-refractivity contribution in [2.45, 2.75) is 19.2 Å². The lowest BCUT2D eigenvalue weighted by molar-refractivity contribution is -0.127. The van der Waals surface area contributed by atoms with Gasteiger partial charge in [-0.05, 0) is 42.3 Å². The van der Waals surface area contributed by atoms with Crippen LogP contribution in [-0.4, -0.2) is 42.8 Å². The number of aryl methyl sites for hydroxylation is 1. The average molecular weight is 417 g/mol. The third-order valence-electron chi connectivity index (χ3n) is 4.46. The summed E-state index contributed by atoms with van der Waals surface area (Å²) in [4.78, 5) is 18.8. The van der Waals surface area contributed by atoms with Gasteiger partial charge in [-0.1, -0.05) is 12.1 Å². The van der Waals surface area contributed by atoms with Crippen LogP contribution in [0.3, 0.4) is 0 Å². The minimum atomic E-state index is 0.0994. The van der Waals surface area contributed by atoms with Crippen molar-refractivity contribution in [1.29, 1.82) is 0 Å². The number of thioether (sulfide) groups is 1. The number of hydrogen-bond acceptors (Lipinski definition) is 6. The third-order valence-corrected chi connectivity index (χ3v) is 6.45. The van der Waals surface area contributed by atoms with Gasteiger partial charge in [0.2, 0.25) is 5.91 Å². The van der Waals surface area contributed by atoms with Gasteiger partial charge in [-0.3, -0.25) is 4.79 Å². The molecule has 0 radical (unpaired) electrons. The normalized spacial score (nSPS) is 10.9. The maximum Gasteiger partial charge on any atom is 0.232 e. The lowest BCUT2D eigenvalue weighted by atomic mass is 10.1. The highest BCUT2D eigenvalue weighted by Gasteiger charge is 2.14. The van der Waals surface area contributed by atoms with Crippen LogP contribution in [-0.2, 0) is 17.1 Å². The molecule has 0 fully saturated rings. The van der Waals surface area contributed by atoms with Crippen LogP contribution >= 0.6 is 23.1 Å².